The molecule has 0 radical (unpaired) electrons. The number of nitrogens with zero attached hydrogens (tertiary/aromatic N) is 5. The second-order valence-corrected chi connectivity index (χ2v) is 5.90. The Balaban J connectivity index is 1.75. The lowest BCUT2D eigenvalue weighted by Gasteiger charge is -2.31. The molecule has 0 aliphatic carbocycles. The van der Waals surface area contributed by atoms with Crippen molar-refractivity contribution >= 4 is 5.91 Å². The summed E-state index contributed by atoms with van der Waals surface area (Å²) in [6.07, 6.45) is 6.57. The fraction of sp³-hybridized carbons (Fsp3) is 0.562. The number of rotatable bonds is 4. The summed E-state index contributed by atoms with van der Waals surface area (Å²) in [5.41, 5.74) is 1.56. The molecule has 23 heavy (non-hydrogen) atoms. The van der Waals surface area contributed by atoms with Crippen molar-refractivity contribution in [1.82, 2.24) is 25.1 Å². The minimum Gasteiger partial charge on any atom is -0.420 e. The van der Waals surface area contributed by atoms with Gasteiger partial charge in [-0.15, -0.1) is 10.2 Å². The first-order chi connectivity index (χ1) is 11.2. The van der Waals surface area contributed by atoms with Crippen LogP contribution in [0.1, 0.15) is 50.1 Å². The van der Waals surface area contributed by atoms with E-state index in [0.29, 0.717) is 24.7 Å². The van der Waals surface area contributed by atoms with Gasteiger partial charge in [0.1, 0.15) is 6.33 Å². The average molecular weight is 315 g/mol. The third kappa shape index (κ3) is 3.38. The van der Waals surface area contributed by atoms with Crippen molar-refractivity contribution in [3.63, 3.8) is 0 Å². The molecule has 0 bridgehead atoms. The maximum absolute atomic E-state index is 12.1. The quantitative estimate of drug-likeness (QED) is 0.861. The molecule has 0 spiro atoms. The van der Waals surface area contributed by atoms with Crippen molar-refractivity contribution in [2.75, 3.05) is 13.1 Å². The van der Waals surface area contributed by atoms with Gasteiger partial charge >= 0.3 is 0 Å². The predicted octanol–water partition coefficient (Wildman–Crippen LogP) is 2.34. The van der Waals surface area contributed by atoms with Gasteiger partial charge in [-0.1, -0.05) is 6.92 Å². The Labute approximate surface area is 135 Å². The normalized spacial score (nSPS) is 18.2. The Morgan fingerprint density at radius 2 is 2.30 bits per heavy atom. The number of likely N-dealkylation sites (tertiary alicyclic amines) is 1. The van der Waals surface area contributed by atoms with E-state index in [1.165, 1.54) is 6.33 Å². The molecule has 0 saturated carbocycles. The highest BCUT2D eigenvalue weighted by Gasteiger charge is 2.28. The average Bonchev–Trinajstić information content (AvgIpc) is 3.05. The van der Waals surface area contributed by atoms with Crippen LogP contribution in [0.3, 0.4) is 0 Å². The molecule has 1 amide bonds. The zero-order valence-electron chi connectivity index (χ0n) is 13.5. The van der Waals surface area contributed by atoms with E-state index < -0.39 is 0 Å². The summed E-state index contributed by atoms with van der Waals surface area (Å²) >= 11 is 0. The summed E-state index contributed by atoms with van der Waals surface area (Å²) in [5, 5.41) is 8.32. The van der Waals surface area contributed by atoms with Crippen LogP contribution in [-0.4, -0.2) is 44.1 Å². The molecule has 1 atom stereocenters. The third-order valence-electron chi connectivity index (χ3n) is 4.17. The van der Waals surface area contributed by atoms with E-state index in [1.54, 1.807) is 6.20 Å². The number of carbonyl (C=O) groups excluding carboxylic acids is 1. The molecular formula is C16H21N5O2. The number of amides is 1. The molecule has 3 heterocycles. The van der Waals surface area contributed by atoms with Gasteiger partial charge in [-0.25, -0.2) is 9.97 Å². The number of hydrogen-bond acceptors (Lipinski definition) is 6. The van der Waals surface area contributed by atoms with E-state index in [4.69, 9.17) is 4.42 Å². The Morgan fingerprint density at radius 3 is 3.09 bits per heavy atom. The SMILES string of the molecule is CCCC(=O)N1CCC[C@H](c2nnc(-c3cncnc3C)o2)C1. The third-order valence-corrected chi connectivity index (χ3v) is 4.17. The summed E-state index contributed by atoms with van der Waals surface area (Å²) in [5.74, 6) is 1.35. The second kappa shape index (κ2) is 6.85. The van der Waals surface area contributed by atoms with Gasteiger partial charge in [0.05, 0.1) is 17.2 Å². The summed E-state index contributed by atoms with van der Waals surface area (Å²) in [6.45, 7) is 5.38. The Bertz CT molecular complexity index is 685. The molecule has 122 valence electrons. The molecule has 1 fully saturated rings. The van der Waals surface area contributed by atoms with Crippen LogP contribution in [0.2, 0.25) is 0 Å². The first kappa shape index (κ1) is 15.6. The van der Waals surface area contributed by atoms with Gasteiger partial charge in [0, 0.05) is 25.7 Å². The highest BCUT2D eigenvalue weighted by atomic mass is 16.4. The maximum atomic E-state index is 12.1. The monoisotopic (exact) mass is 315 g/mol. The fourth-order valence-electron chi connectivity index (χ4n) is 2.89. The van der Waals surface area contributed by atoms with Gasteiger partial charge in [-0.3, -0.25) is 4.79 Å². The molecule has 3 rings (SSSR count). The highest BCUT2D eigenvalue weighted by molar-refractivity contribution is 5.76. The van der Waals surface area contributed by atoms with Gasteiger partial charge < -0.3 is 9.32 Å². The zero-order valence-corrected chi connectivity index (χ0v) is 13.5. The molecule has 1 aliphatic rings. The molecule has 0 unspecified atom stereocenters. The molecule has 2 aromatic heterocycles. The molecule has 0 N–H and O–H groups in total. The van der Waals surface area contributed by atoms with Crippen LogP contribution in [0.4, 0.5) is 0 Å². The van der Waals surface area contributed by atoms with Crippen LogP contribution in [-0.2, 0) is 4.79 Å². The summed E-state index contributed by atoms with van der Waals surface area (Å²) in [4.78, 5) is 22.2. The first-order valence-electron chi connectivity index (χ1n) is 8.07. The van der Waals surface area contributed by atoms with Crippen LogP contribution < -0.4 is 0 Å². The lowest BCUT2D eigenvalue weighted by atomic mass is 9.97. The molecule has 7 heteroatoms. The Kier molecular flexibility index (Phi) is 4.64. The van der Waals surface area contributed by atoms with E-state index >= 15 is 0 Å². The topological polar surface area (TPSA) is 85.0 Å². The summed E-state index contributed by atoms with van der Waals surface area (Å²) in [6, 6.07) is 0. The molecule has 7 nitrogen and oxygen atoms in total. The van der Waals surface area contributed by atoms with Crippen molar-refractivity contribution in [3.05, 3.63) is 24.1 Å². The van der Waals surface area contributed by atoms with Crippen LogP contribution in [0.5, 0.6) is 0 Å². The number of aromatic nitrogens is 4. The molecule has 1 aliphatic heterocycles. The molecule has 1 saturated heterocycles. The number of aryl methyl sites for hydroxylation is 1. The van der Waals surface area contributed by atoms with Crippen molar-refractivity contribution in [2.45, 2.75) is 45.4 Å². The van der Waals surface area contributed by atoms with Crippen LogP contribution in [0.15, 0.2) is 16.9 Å². The number of carbonyl (C=O) groups is 1. The zero-order chi connectivity index (χ0) is 16.2. The van der Waals surface area contributed by atoms with Crippen molar-refractivity contribution in [2.24, 2.45) is 0 Å². The van der Waals surface area contributed by atoms with Crippen LogP contribution in [0.25, 0.3) is 11.5 Å². The lowest BCUT2D eigenvalue weighted by molar-refractivity contribution is -0.132. The van der Waals surface area contributed by atoms with E-state index in [1.807, 2.05) is 18.7 Å². The molecular weight excluding hydrogens is 294 g/mol. The van der Waals surface area contributed by atoms with Gasteiger partial charge in [0.2, 0.25) is 11.8 Å². The smallest absolute Gasteiger partial charge is 0.251 e. The fourth-order valence-corrected chi connectivity index (χ4v) is 2.89. The van der Waals surface area contributed by atoms with Gasteiger partial charge in [-0.2, -0.15) is 0 Å². The van der Waals surface area contributed by atoms with E-state index in [9.17, 15) is 4.79 Å². The maximum Gasteiger partial charge on any atom is 0.251 e. The van der Waals surface area contributed by atoms with E-state index in [2.05, 4.69) is 20.2 Å². The first-order valence-corrected chi connectivity index (χ1v) is 8.07. The minimum absolute atomic E-state index is 0.107. The predicted molar refractivity (Wildman–Crippen MR) is 83.5 cm³/mol. The number of hydrogen-bond donors (Lipinski definition) is 0. The van der Waals surface area contributed by atoms with Crippen molar-refractivity contribution in [3.8, 4) is 11.5 Å². The van der Waals surface area contributed by atoms with Gasteiger partial charge in [0.25, 0.3) is 5.89 Å². The largest absolute Gasteiger partial charge is 0.420 e. The standard InChI is InChI=1S/C16H21N5O2/c1-3-5-14(22)21-7-4-6-12(9-21)15-19-20-16(23-15)13-8-17-10-18-11(13)2/h8,10,12H,3-7,9H2,1-2H3/t12-/m0/s1. The van der Waals surface area contributed by atoms with Crippen LogP contribution in [0, 0.1) is 6.92 Å². The second-order valence-electron chi connectivity index (χ2n) is 5.90. The lowest BCUT2D eigenvalue weighted by Crippen LogP contribution is -2.39. The van der Waals surface area contributed by atoms with Crippen LogP contribution >= 0.6 is 0 Å². The molecule has 0 aromatic carbocycles. The molecule has 2 aromatic rings. The summed E-state index contributed by atoms with van der Waals surface area (Å²) in [7, 11) is 0. The van der Waals surface area contributed by atoms with Crippen molar-refractivity contribution in [1.29, 1.82) is 0 Å². The number of piperidine rings is 1. The van der Waals surface area contributed by atoms with E-state index in [0.717, 1.165) is 37.1 Å². The van der Waals surface area contributed by atoms with Gasteiger partial charge in [0.15, 0.2) is 0 Å². The Hall–Kier alpha value is -2.31. The highest BCUT2D eigenvalue weighted by Crippen LogP contribution is 2.29. The van der Waals surface area contributed by atoms with E-state index in [-0.39, 0.29) is 11.8 Å². The summed E-state index contributed by atoms with van der Waals surface area (Å²) < 4.78 is 5.84. The minimum atomic E-state index is 0.107. The van der Waals surface area contributed by atoms with Crippen molar-refractivity contribution < 1.29 is 9.21 Å². The van der Waals surface area contributed by atoms with Gasteiger partial charge in [-0.05, 0) is 26.2 Å². The Morgan fingerprint density at radius 1 is 1.43 bits per heavy atom.